The zero-order valence-electron chi connectivity index (χ0n) is 15.9. The molecule has 0 radical (unpaired) electrons. The van der Waals surface area contributed by atoms with E-state index in [1.54, 1.807) is 18.2 Å². The number of nitrogen functional groups attached to an aromatic ring is 2. The molecule has 0 saturated heterocycles. The number of anilines is 2. The van der Waals surface area contributed by atoms with Gasteiger partial charge in [-0.15, -0.1) is 0 Å². The minimum Gasteiger partial charge on any atom is -0.424 e. The summed E-state index contributed by atoms with van der Waals surface area (Å²) in [6.07, 6.45) is 15.8. The van der Waals surface area contributed by atoms with Crippen LogP contribution in [0.4, 0.5) is 11.4 Å². The molecule has 142 valence electrons. The molecule has 1 aromatic rings. The third kappa shape index (κ3) is 10.7. The predicted molar refractivity (Wildman–Crippen MR) is 107 cm³/mol. The summed E-state index contributed by atoms with van der Waals surface area (Å²) in [6.45, 7) is 2.26. The Labute approximate surface area is 153 Å². The van der Waals surface area contributed by atoms with E-state index in [2.05, 4.69) is 6.92 Å². The zero-order valence-corrected chi connectivity index (χ0v) is 15.9. The number of esters is 1. The Hall–Kier alpha value is -1.71. The van der Waals surface area contributed by atoms with E-state index in [-0.39, 0.29) is 5.97 Å². The topological polar surface area (TPSA) is 78.3 Å². The average molecular weight is 349 g/mol. The smallest absolute Gasteiger partial charge is 0.311 e. The van der Waals surface area contributed by atoms with E-state index in [1.165, 1.54) is 64.2 Å². The van der Waals surface area contributed by atoms with Crippen molar-refractivity contribution in [2.45, 2.75) is 90.4 Å². The molecule has 0 saturated carbocycles. The molecule has 0 aromatic heterocycles. The summed E-state index contributed by atoms with van der Waals surface area (Å²) in [4.78, 5) is 11.8. The van der Waals surface area contributed by atoms with Gasteiger partial charge in [-0.05, 0) is 18.6 Å². The normalized spacial score (nSPS) is 10.8. The highest BCUT2D eigenvalue weighted by Crippen LogP contribution is 2.24. The molecule has 4 nitrogen and oxygen atoms in total. The molecule has 0 atom stereocenters. The monoisotopic (exact) mass is 348 g/mol. The van der Waals surface area contributed by atoms with Gasteiger partial charge in [0, 0.05) is 18.2 Å². The van der Waals surface area contributed by atoms with E-state index in [4.69, 9.17) is 16.2 Å². The van der Waals surface area contributed by atoms with Gasteiger partial charge in [0.05, 0.1) is 5.69 Å². The van der Waals surface area contributed by atoms with Crippen LogP contribution in [0.1, 0.15) is 90.4 Å². The van der Waals surface area contributed by atoms with Crippen molar-refractivity contribution in [3.8, 4) is 5.75 Å². The third-order valence-electron chi connectivity index (χ3n) is 4.50. The third-order valence-corrected chi connectivity index (χ3v) is 4.50. The van der Waals surface area contributed by atoms with Crippen LogP contribution in [0.15, 0.2) is 18.2 Å². The van der Waals surface area contributed by atoms with Crippen molar-refractivity contribution in [1.29, 1.82) is 0 Å². The Kier molecular flexibility index (Phi) is 11.6. The number of carbonyl (C=O) groups is 1. The predicted octanol–water partition coefficient (Wildman–Crippen LogP) is 5.85. The standard InChI is InChI=1S/C21H36N2O2/c1-2-3-4-5-6-7-8-9-10-11-12-13-14-21(24)25-20-17-18(22)15-16-19(20)23/h15-17H,2-14,22-23H2,1H3. The van der Waals surface area contributed by atoms with Crippen molar-refractivity contribution in [3.05, 3.63) is 18.2 Å². The van der Waals surface area contributed by atoms with Gasteiger partial charge in [-0.1, -0.05) is 77.6 Å². The van der Waals surface area contributed by atoms with Crippen LogP contribution in [0, 0.1) is 0 Å². The van der Waals surface area contributed by atoms with Crippen LogP contribution in [0.5, 0.6) is 5.75 Å². The van der Waals surface area contributed by atoms with Crippen LogP contribution in [0.3, 0.4) is 0 Å². The van der Waals surface area contributed by atoms with Gasteiger partial charge in [-0.25, -0.2) is 0 Å². The first-order valence-electron chi connectivity index (χ1n) is 9.99. The van der Waals surface area contributed by atoms with Crippen molar-refractivity contribution < 1.29 is 9.53 Å². The zero-order chi connectivity index (χ0) is 18.3. The summed E-state index contributed by atoms with van der Waals surface area (Å²) < 4.78 is 5.28. The number of carbonyl (C=O) groups excluding carboxylic acids is 1. The molecule has 25 heavy (non-hydrogen) atoms. The second-order valence-corrected chi connectivity index (χ2v) is 6.91. The lowest BCUT2D eigenvalue weighted by molar-refractivity contribution is -0.134. The van der Waals surface area contributed by atoms with Crippen molar-refractivity contribution in [3.63, 3.8) is 0 Å². The van der Waals surface area contributed by atoms with Gasteiger partial charge in [0.2, 0.25) is 0 Å². The lowest BCUT2D eigenvalue weighted by atomic mass is 10.0. The highest BCUT2D eigenvalue weighted by Gasteiger charge is 2.08. The van der Waals surface area contributed by atoms with Gasteiger partial charge < -0.3 is 16.2 Å². The van der Waals surface area contributed by atoms with Crippen LogP contribution in [0.2, 0.25) is 0 Å². The van der Waals surface area contributed by atoms with Gasteiger partial charge >= 0.3 is 5.97 Å². The summed E-state index contributed by atoms with van der Waals surface area (Å²) in [6, 6.07) is 4.94. The second-order valence-electron chi connectivity index (χ2n) is 6.91. The lowest BCUT2D eigenvalue weighted by Crippen LogP contribution is -2.09. The fraction of sp³-hybridized carbons (Fsp3) is 0.667. The van der Waals surface area contributed by atoms with Crippen molar-refractivity contribution >= 4 is 17.3 Å². The number of unbranched alkanes of at least 4 members (excludes halogenated alkanes) is 11. The maximum absolute atomic E-state index is 11.8. The minimum atomic E-state index is -0.232. The maximum atomic E-state index is 11.8. The Morgan fingerprint density at radius 3 is 1.92 bits per heavy atom. The number of benzene rings is 1. The molecule has 0 bridgehead atoms. The van der Waals surface area contributed by atoms with E-state index in [1.807, 2.05) is 0 Å². The molecule has 4 heteroatoms. The number of hydrogen-bond acceptors (Lipinski definition) is 4. The van der Waals surface area contributed by atoms with Gasteiger partial charge in [-0.2, -0.15) is 0 Å². The van der Waals surface area contributed by atoms with Crippen LogP contribution in [-0.4, -0.2) is 5.97 Å². The van der Waals surface area contributed by atoms with Gasteiger partial charge in [-0.3, -0.25) is 4.79 Å². The molecule has 0 aliphatic heterocycles. The molecule has 0 spiro atoms. The SMILES string of the molecule is CCCCCCCCCCCCCCC(=O)Oc1cc(N)ccc1N. The molecule has 0 fully saturated rings. The van der Waals surface area contributed by atoms with E-state index >= 15 is 0 Å². The van der Waals surface area contributed by atoms with E-state index in [0.717, 1.165) is 12.8 Å². The summed E-state index contributed by atoms with van der Waals surface area (Å²) in [7, 11) is 0. The molecular weight excluding hydrogens is 312 g/mol. The minimum absolute atomic E-state index is 0.232. The summed E-state index contributed by atoms with van der Waals surface area (Å²) in [5, 5.41) is 0. The van der Waals surface area contributed by atoms with Gasteiger partial charge in [0.1, 0.15) is 0 Å². The Morgan fingerprint density at radius 1 is 0.840 bits per heavy atom. The molecule has 0 unspecified atom stereocenters. The molecule has 0 amide bonds. The first-order chi connectivity index (χ1) is 12.1. The molecule has 1 rings (SSSR count). The fourth-order valence-corrected chi connectivity index (χ4v) is 2.92. The van der Waals surface area contributed by atoms with Crippen LogP contribution >= 0.6 is 0 Å². The number of nitrogens with two attached hydrogens (primary N) is 2. The van der Waals surface area contributed by atoms with Gasteiger partial charge in [0.25, 0.3) is 0 Å². The summed E-state index contributed by atoms with van der Waals surface area (Å²) in [5.74, 6) is 0.133. The molecule has 4 N–H and O–H groups in total. The van der Waals surface area contributed by atoms with E-state index in [0.29, 0.717) is 23.5 Å². The number of hydrogen-bond donors (Lipinski definition) is 2. The van der Waals surface area contributed by atoms with E-state index < -0.39 is 0 Å². The van der Waals surface area contributed by atoms with Crippen molar-refractivity contribution in [1.82, 2.24) is 0 Å². The van der Waals surface area contributed by atoms with Crippen molar-refractivity contribution in [2.75, 3.05) is 11.5 Å². The highest BCUT2D eigenvalue weighted by atomic mass is 16.5. The van der Waals surface area contributed by atoms with Gasteiger partial charge in [0.15, 0.2) is 5.75 Å². The molecule has 0 heterocycles. The summed E-state index contributed by atoms with van der Waals surface area (Å²) in [5.41, 5.74) is 12.4. The Morgan fingerprint density at radius 2 is 1.36 bits per heavy atom. The van der Waals surface area contributed by atoms with Crippen LogP contribution in [0.25, 0.3) is 0 Å². The largest absolute Gasteiger partial charge is 0.424 e. The second kappa shape index (κ2) is 13.6. The maximum Gasteiger partial charge on any atom is 0.311 e. The molecule has 0 aliphatic rings. The number of rotatable bonds is 14. The number of ether oxygens (including phenoxy) is 1. The highest BCUT2D eigenvalue weighted by molar-refractivity contribution is 5.75. The fourth-order valence-electron chi connectivity index (χ4n) is 2.92. The average Bonchev–Trinajstić information content (AvgIpc) is 2.59. The first-order valence-corrected chi connectivity index (χ1v) is 9.99. The first kappa shape index (κ1) is 21.3. The lowest BCUT2D eigenvalue weighted by Gasteiger charge is -2.08. The molecular formula is C21H36N2O2. The van der Waals surface area contributed by atoms with E-state index in [9.17, 15) is 4.79 Å². The van der Waals surface area contributed by atoms with Crippen molar-refractivity contribution in [2.24, 2.45) is 0 Å². The summed E-state index contributed by atoms with van der Waals surface area (Å²) >= 11 is 0. The van der Waals surface area contributed by atoms with Crippen LogP contribution < -0.4 is 16.2 Å². The Balaban J connectivity index is 1.95. The molecule has 1 aromatic carbocycles. The Bertz CT molecular complexity index is 489. The molecule has 0 aliphatic carbocycles. The quantitative estimate of drug-likeness (QED) is 0.191. The van der Waals surface area contributed by atoms with Crippen LogP contribution in [-0.2, 0) is 4.79 Å².